The minimum absolute atomic E-state index is 0.0936. The first kappa shape index (κ1) is 14.9. The molecule has 0 saturated heterocycles. The van der Waals surface area contributed by atoms with Crippen LogP contribution in [0, 0.1) is 6.92 Å². The van der Waals surface area contributed by atoms with Crippen molar-refractivity contribution in [1.82, 2.24) is 0 Å². The SMILES string of the molecule is Cc1cc(O)ccc1NC(=O)C(=O)Nc1ccc(Cl)cc1. The number of halogens is 1. The molecule has 0 aromatic heterocycles. The summed E-state index contributed by atoms with van der Waals surface area (Å²) in [6, 6.07) is 10.9. The molecular formula is C15H13ClN2O3. The van der Waals surface area contributed by atoms with Crippen molar-refractivity contribution in [3.8, 4) is 5.75 Å². The summed E-state index contributed by atoms with van der Waals surface area (Å²) < 4.78 is 0. The van der Waals surface area contributed by atoms with E-state index in [0.29, 0.717) is 22.0 Å². The Morgan fingerprint density at radius 2 is 1.62 bits per heavy atom. The Morgan fingerprint density at radius 1 is 1.00 bits per heavy atom. The zero-order chi connectivity index (χ0) is 15.4. The molecule has 0 unspecified atom stereocenters. The molecule has 0 spiro atoms. The van der Waals surface area contributed by atoms with Gasteiger partial charge in [-0.15, -0.1) is 0 Å². The number of nitrogens with one attached hydrogen (secondary N) is 2. The van der Waals surface area contributed by atoms with Gasteiger partial charge in [0, 0.05) is 16.4 Å². The number of benzene rings is 2. The summed E-state index contributed by atoms with van der Waals surface area (Å²) in [6.07, 6.45) is 0. The van der Waals surface area contributed by atoms with Gasteiger partial charge in [-0.3, -0.25) is 9.59 Å². The third-order valence-electron chi connectivity index (χ3n) is 2.77. The van der Waals surface area contributed by atoms with Gasteiger partial charge in [0.25, 0.3) is 0 Å². The number of aromatic hydroxyl groups is 1. The van der Waals surface area contributed by atoms with Crippen LogP contribution in [0.4, 0.5) is 11.4 Å². The zero-order valence-electron chi connectivity index (χ0n) is 11.2. The first-order valence-electron chi connectivity index (χ1n) is 6.13. The van der Waals surface area contributed by atoms with Gasteiger partial charge in [0.1, 0.15) is 5.75 Å². The molecule has 0 saturated carbocycles. The van der Waals surface area contributed by atoms with Crippen LogP contribution < -0.4 is 10.6 Å². The van der Waals surface area contributed by atoms with E-state index in [9.17, 15) is 14.7 Å². The second-order valence-electron chi connectivity index (χ2n) is 4.41. The second kappa shape index (κ2) is 6.28. The average molecular weight is 305 g/mol. The number of amides is 2. The lowest BCUT2D eigenvalue weighted by molar-refractivity contribution is -0.133. The maximum Gasteiger partial charge on any atom is 0.314 e. The number of carbonyl (C=O) groups is 2. The Bertz CT molecular complexity index is 684. The summed E-state index contributed by atoms with van der Waals surface area (Å²) in [5.74, 6) is -1.49. The molecule has 0 aliphatic carbocycles. The zero-order valence-corrected chi connectivity index (χ0v) is 11.9. The van der Waals surface area contributed by atoms with Crippen LogP contribution in [0.1, 0.15) is 5.56 Å². The number of aryl methyl sites for hydroxylation is 1. The predicted octanol–water partition coefficient (Wildman–Crippen LogP) is 2.93. The van der Waals surface area contributed by atoms with Crippen LogP contribution in [0.25, 0.3) is 0 Å². The van der Waals surface area contributed by atoms with Crippen molar-refractivity contribution in [2.75, 3.05) is 10.6 Å². The third kappa shape index (κ3) is 3.97. The molecule has 0 bridgehead atoms. The van der Waals surface area contributed by atoms with E-state index in [4.69, 9.17) is 11.6 Å². The van der Waals surface area contributed by atoms with Gasteiger partial charge in [-0.05, 0) is 55.0 Å². The van der Waals surface area contributed by atoms with Crippen molar-refractivity contribution >= 4 is 34.8 Å². The summed E-state index contributed by atoms with van der Waals surface area (Å²) in [7, 11) is 0. The normalized spacial score (nSPS) is 10.0. The van der Waals surface area contributed by atoms with E-state index in [1.165, 1.54) is 18.2 Å². The number of rotatable bonds is 2. The van der Waals surface area contributed by atoms with E-state index >= 15 is 0 Å². The molecule has 5 nitrogen and oxygen atoms in total. The molecule has 2 aromatic carbocycles. The highest BCUT2D eigenvalue weighted by molar-refractivity contribution is 6.43. The summed E-state index contributed by atoms with van der Waals surface area (Å²) in [4.78, 5) is 23.6. The van der Waals surface area contributed by atoms with Crippen LogP contribution in [0.3, 0.4) is 0 Å². The van der Waals surface area contributed by atoms with Gasteiger partial charge in [-0.1, -0.05) is 11.6 Å². The fourth-order valence-corrected chi connectivity index (χ4v) is 1.81. The van der Waals surface area contributed by atoms with Crippen LogP contribution >= 0.6 is 11.6 Å². The van der Waals surface area contributed by atoms with Crippen molar-refractivity contribution in [2.24, 2.45) is 0 Å². The van der Waals surface area contributed by atoms with Crippen molar-refractivity contribution in [3.63, 3.8) is 0 Å². The highest BCUT2D eigenvalue weighted by atomic mass is 35.5. The lowest BCUT2D eigenvalue weighted by Gasteiger charge is -2.09. The minimum atomic E-state index is -0.793. The fraction of sp³-hybridized carbons (Fsp3) is 0.0667. The predicted molar refractivity (Wildman–Crippen MR) is 81.6 cm³/mol. The molecule has 2 rings (SSSR count). The van der Waals surface area contributed by atoms with E-state index in [0.717, 1.165) is 0 Å². The number of phenols is 1. The van der Waals surface area contributed by atoms with Crippen LogP contribution in [0.15, 0.2) is 42.5 Å². The molecule has 2 aromatic rings. The lowest BCUT2D eigenvalue weighted by Crippen LogP contribution is -2.29. The number of phenolic OH excluding ortho intramolecular Hbond substituents is 1. The largest absolute Gasteiger partial charge is 0.508 e. The van der Waals surface area contributed by atoms with Crippen molar-refractivity contribution in [2.45, 2.75) is 6.92 Å². The molecule has 2 amide bonds. The van der Waals surface area contributed by atoms with Crippen molar-refractivity contribution < 1.29 is 14.7 Å². The summed E-state index contributed by atoms with van der Waals surface area (Å²) in [5.41, 5.74) is 1.59. The Morgan fingerprint density at radius 3 is 2.24 bits per heavy atom. The number of anilines is 2. The maximum absolute atomic E-state index is 11.8. The highest BCUT2D eigenvalue weighted by Gasteiger charge is 2.15. The molecule has 0 aliphatic rings. The molecule has 21 heavy (non-hydrogen) atoms. The van der Waals surface area contributed by atoms with E-state index in [2.05, 4.69) is 10.6 Å². The first-order chi connectivity index (χ1) is 9.95. The van der Waals surface area contributed by atoms with Crippen LogP contribution in [-0.2, 0) is 9.59 Å². The maximum atomic E-state index is 11.8. The van der Waals surface area contributed by atoms with Gasteiger partial charge >= 0.3 is 11.8 Å². The molecule has 0 heterocycles. The van der Waals surface area contributed by atoms with Gasteiger partial charge in [-0.25, -0.2) is 0 Å². The van der Waals surface area contributed by atoms with Crippen LogP contribution in [0.5, 0.6) is 5.75 Å². The van der Waals surface area contributed by atoms with E-state index in [1.54, 1.807) is 31.2 Å². The van der Waals surface area contributed by atoms with Gasteiger partial charge in [0.15, 0.2) is 0 Å². The summed E-state index contributed by atoms with van der Waals surface area (Å²) >= 11 is 5.74. The number of carbonyl (C=O) groups excluding carboxylic acids is 2. The van der Waals surface area contributed by atoms with Crippen molar-refractivity contribution in [1.29, 1.82) is 0 Å². The highest BCUT2D eigenvalue weighted by Crippen LogP contribution is 2.20. The number of hydrogen-bond donors (Lipinski definition) is 3. The van der Waals surface area contributed by atoms with Gasteiger partial charge < -0.3 is 15.7 Å². The number of hydrogen-bond acceptors (Lipinski definition) is 3. The quantitative estimate of drug-likeness (QED) is 0.589. The Kier molecular flexibility index (Phi) is 4.45. The first-order valence-corrected chi connectivity index (χ1v) is 6.51. The smallest absolute Gasteiger partial charge is 0.314 e. The fourth-order valence-electron chi connectivity index (χ4n) is 1.69. The Balaban J connectivity index is 2.02. The molecule has 0 radical (unpaired) electrons. The van der Waals surface area contributed by atoms with Crippen molar-refractivity contribution in [3.05, 3.63) is 53.1 Å². The molecule has 108 valence electrons. The van der Waals surface area contributed by atoms with Gasteiger partial charge in [0.05, 0.1) is 0 Å². The molecule has 6 heteroatoms. The second-order valence-corrected chi connectivity index (χ2v) is 4.85. The Hall–Kier alpha value is -2.53. The van der Waals surface area contributed by atoms with E-state index < -0.39 is 11.8 Å². The van der Waals surface area contributed by atoms with Crippen LogP contribution in [-0.4, -0.2) is 16.9 Å². The summed E-state index contributed by atoms with van der Waals surface area (Å²) in [5, 5.41) is 14.8. The lowest BCUT2D eigenvalue weighted by atomic mass is 10.2. The molecule has 0 atom stereocenters. The van der Waals surface area contributed by atoms with Gasteiger partial charge in [-0.2, -0.15) is 0 Å². The molecule has 3 N–H and O–H groups in total. The van der Waals surface area contributed by atoms with Gasteiger partial charge in [0.2, 0.25) is 0 Å². The standard InChI is InChI=1S/C15H13ClN2O3/c1-9-8-12(19)6-7-13(9)18-15(21)14(20)17-11-4-2-10(16)3-5-11/h2-8,19H,1H3,(H,17,20)(H,18,21). The topological polar surface area (TPSA) is 78.4 Å². The molecule has 0 aliphatic heterocycles. The molecule has 0 fully saturated rings. The van der Waals surface area contributed by atoms with Crippen LogP contribution in [0.2, 0.25) is 5.02 Å². The third-order valence-corrected chi connectivity index (χ3v) is 3.02. The van der Waals surface area contributed by atoms with E-state index in [-0.39, 0.29) is 5.75 Å². The average Bonchev–Trinajstić information content (AvgIpc) is 2.44. The molecular weight excluding hydrogens is 292 g/mol. The van der Waals surface area contributed by atoms with E-state index in [1.807, 2.05) is 0 Å². The Labute approximate surface area is 126 Å². The summed E-state index contributed by atoms with van der Waals surface area (Å²) in [6.45, 7) is 1.71. The monoisotopic (exact) mass is 304 g/mol. The minimum Gasteiger partial charge on any atom is -0.508 e.